The van der Waals surface area contributed by atoms with E-state index in [1.165, 1.54) is 46.7 Å². The lowest BCUT2D eigenvalue weighted by molar-refractivity contribution is 0.107. The van der Waals surface area contributed by atoms with Crippen LogP contribution in [0.25, 0.3) is 0 Å². The normalized spacial score (nSPS) is 24.3. The lowest BCUT2D eigenvalue weighted by Crippen LogP contribution is -2.36. The number of anilines is 1. The Kier molecular flexibility index (Phi) is 4.53. The van der Waals surface area contributed by atoms with E-state index < -0.39 is 0 Å². The van der Waals surface area contributed by atoms with Gasteiger partial charge in [-0.3, -0.25) is 5.32 Å². The highest BCUT2D eigenvalue weighted by Crippen LogP contribution is 2.43. The molecular formula is C20H27N5OS. The smallest absolute Gasteiger partial charge is 0.226 e. The molecule has 144 valence electrons. The summed E-state index contributed by atoms with van der Waals surface area (Å²) < 4.78 is 7.75. The molecule has 1 saturated heterocycles. The molecule has 5 rings (SSSR count). The summed E-state index contributed by atoms with van der Waals surface area (Å²) in [6.07, 6.45) is 7.54. The topological polar surface area (TPSA) is 63.5 Å². The molecule has 0 bridgehead atoms. The van der Waals surface area contributed by atoms with Crippen molar-refractivity contribution in [2.75, 3.05) is 18.5 Å². The second-order valence-electron chi connectivity index (χ2n) is 7.82. The fraction of sp³-hybridized carbons (Fsp3) is 0.600. The van der Waals surface area contributed by atoms with Crippen LogP contribution < -0.4 is 10.6 Å². The number of ether oxygens (including phenoxy) is 1. The zero-order valence-corrected chi connectivity index (χ0v) is 16.9. The van der Waals surface area contributed by atoms with E-state index >= 15 is 0 Å². The molecule has 1 fully saturated rings. The summed E-state index contributed by atoms with van der Waals surface area (Å²) in [7, 11) is 0. The number of fused-ring (bicyclic) bond motifs is 3. The van der Waals surface area contributed by atoms with Crippen molar-refractivity contribution in [3.8, 4) is 0 Å². The van der Waals surface area contributed by atoms with Gasteiger partial charge in [-0.1, -0.05) is 0 Å². The van der Waals surface area contributed by atoms with Crippen molar-refractivity contribution in [1.29, 1.82) is 0 Å². The van der Waals surface area contributed by atoms with Crippen LogP contribution in [0.15, 0.2) is 11.1 Å². The van der Waals surface area contributed by atoms with E-state index in [2.05, 4.69) is 28.7 Å². The largest absolute Gasteiger partial charge is 0.377 e. The maximum Gasteiger partial charge on any atom is 0.226 e. The number of hydrogen-bond acceptors (Lipinski definition) is 6. The van der Waals surface area contributed by atoms with Crippen molar-refractivity contribution in [1.82, 2.24) is 15.1 Å². The van der Waals surface area contributed by atoms with Crippen LogP contribution in [-0.4, -0.2) is 35.0 Å². The number of aromatic nitrogens is 2. The Morgan fingerprint density at radius 1 is 1.30 bits per heavy atom. The third-order valence-electron chi connectivity index (χ3n) is 5.74. The van der Waals surface area contributed by atoms with Crippen LogP contribution in [0, 0.1) is 13.8 Å². The molecule has 0 spiro atoms. The molecule has 2 aromatic heterocycles. The summed E-state index contributed by atoms with van der Waals surface area (Å²) >= 11 is 1.91. The number of aliphatic imine (C=N–C) groups is 1. The monoisotopic (exact) mass is 385 g/mol. The lowest BCUT2D eigenvalue weighted by atomic mass is 9.94. The summed E-state index contributed by atoms with van der Waals surface area (Å²) in [6, 6.07) is 2.09. The first-order valence-electron chi connectivity index (χ1n) is 10.1. The summed E-state index contributed by atoms with van der Waals surface area (Å²) in [5.41, 5.74) is 4.99. The molecular weight excluding hydrogens is 358 g/mol. The van der Waals surface area contributed by atoms with Gasteiger partial charge in [0.1, 0.15) is 11.2 Å². The molecule has 0 amide bonds. The Hall–Kier alpha value is -1.70. The highest BCUT2D eigenvalue weighted by atomic mass is 32.1. The molecule has 2 aliphatic heterocycles. The molecule has 27 heavy (non-hydrogen) atoms. The van der Waals surface area contributed by atoms with Crippen LogP contribution >= 0.6 is 11.3 Å². The molecule has 2 atom stereocenters. The maximum absolute atomic E-state index is 5.82. The molecule has 6 nitrogen and oxygen atoms in total. The summed E-state index contributed by atoms with van der Waals surface area (Å²) in [4.78, 5) is 6.59. The average molecular weight is 386 g/mol. The maximum atomic E-state index is 5.82. The van der Waals surface area contributed by atoms with E-state index in [1.807, 2.05) is 22.9 Å². The van der Waals surface area contributed by atoms with Gasteiger partial charge in [-0.05, 0) is 64.0 Å². The molecule has 3 aliphatic rings. The van der Waals surface area contributed by atoms with Crippen LogP contribution in [0.3, 0.4) is 0 Å². The van der Waals surface area contributed by atoms with E-state index in [0.29, 0.717) is 6.10 Å². The molecule has 1 aliphatic carbocycles. The Labute approximate surface area is 164 Å². The molecule has 0 radical (unpaired) electrons. The van der Waals surface area contributed by atoms with Crippen molar-refractivity contribution in [3.63, 3.8) is 0 Å². The van der Waals surface area contributed by atoms with Gasteiger partial charge in [0.25, 0.3) is 0 Å². The second kappa shape index (κ2) is 7.04. The van der Waals surface area contributed by atoms with Gasteiger partial charge < -0.3 is 10.1 Å². The quantitative estimate of drug-likeness (QED) is 0.848. The second-order valence-corrected chi connectivity index (χ2v) is 8.92. The van der Waals surface area contributed by atoms with Crippen LogP contribution in [0.2, 0.25) is 0 Å². The first kappa shape index (κ1) is 17.4. The van der Waals surface area contributed by atoms with Gasteiger partial charge in [0.2, 0.25) is 5.96 Å². The van der Waals surface area contributed by atoms with Gasteiger partial charge in [0, 0.05) is 29.3 Å². The van der Waals surface area contributed by atoms with Gasteiger partial charge >= 0.3 is 0 Å². The number of nitrogens with zero attached hydrogens (tertiary/aromatic N) is 3. The molecule has 2 unspecified atom stereocenters. The van der Waals surface area contributed by atoms with Crippen molar-refractivity contribution < 1.29 is 4.74 Å². The fourth-order valence-electron chi connectivity index (χ4n) is 4.44. The molecule has 7 heteroatoms. The minimum atomic E-state index is -0.0255. The van der Waals surface area contributed by atoms with E-state index in [-0.39, 0.29) is 6.17 Å². The molecule has 2 N–H and O–H groups in total. The fourth-order valence-corrected chi connectivity index (χ4v) is 5.76. The zero-order valence-electron chi connectivity index (χ0n) is 16.0. The summed E-state index contributed by atoms with van der Waals surface area (Å²) in [5, 5.41) is 13.2. The summed E-state index contributed by atoms with van der Waals surface area (Å²) in [6.45, 7) is 5.84. The van der Waals surface area contributed by atoms with Crippen LogP contribution in [-0.2, 0) is 17.6 Å². The zero-order chi connectivity index (χ0) is 18.4. The molecule has 0 aromatic carbocycles. The predicted molar refractivity (Wildman–Crippen MR) is 109 cm³/mol. The highest BCUT2D eigenvalue weighted by molar-refractivity contribution is 7.16. The third kappa shape index (κ3) is 3.22. The highest BCUT2D eigenvalue weighted by Gasteiger charge is 2.31. The standard InChI is InChI=1S/C20H27N5OS/c1-12-10-13(2)25(24-12)20-22-18(21-11-14-6-5-9-26-14)17-15-7-3-4-8-16(15)27-19(17)23-20/h10,14,18,21H,3-9,11H2,1-2H3,(H,22,23). The van der Waals surface area contributed by atoms with Crippen molar-refractivity contribution in [2.24, 2.45) is 4.99 Å². The summed E-state index contributed by atoms with van der Waals surface area (Å²) in [5.74, 6) is 0.816. The van der Waals surface area contributed by atoms with Gasteiger partial charge in [-0.25, -0.2) is 9.67 Å². The van der Waals surface area contributed by atoms with Gasteiger partial charge in [0.05, 0.1) is 11.8 Å². The first-order chi connectivity index (χ1) is 13.2. The number of aryl methyl sites for hydroxylation is 3. The lowest BCUT2D eigenvalue weighted by Gasteiger charge is -2.26. The Morgan fingerprint density at radius 2 is 2.19 bits per heavy atom. The molecule has 4 heterocycles. The number of hydrogen-bond donors (Lipinski definition) is 2. The van der Waals surface area contributed by atoms with E-state index in [9.17, 15) is 0 Å². The van der Waals surface area contributed by atoms with Crippen molar-refractivity contribution in [2.45, 2.75) is 64.6 Å². The van der Waals surface area contributed by atoms with Crippen molar-refractivity contribution in [3.05, 3.63) is 33.5 Å². The molecule has 2 aromatic rings. The third-order valence-corrected chi connectivity index (χ3v) is 6.96. The van der Waals surface area contributed by atoms with Crippen LogP contribution in [0.5, 0.6) is 0 Å². The Balaban J connectivity index is 1.50. The van der Waals surface area contributed by atoms with E-state index in [4.69, 9.17) is 9.73 Å². The average Bonchev–Trinajstić information content (AvgIpc) is 3.37. The van der Waals surface area contributed by atoms with Gasteiger partial charge in [0.15, 0.2) is 0 Å². The first-order valence-corrected chi connectivity index (χ1v) is 10.9. The van der Waals surface area contributed by atoms with Crippen molar-refractivity contribution >= 4 is 22.3 Å². The predicted octanol–water partition coefficient (Wildman–Crippen LogP) is 3.54. The minimum absolute atomic E-state index is 0.0255. The van der Waals surface area contributed by atoms with Gasteiger partial charge in [-0.2, -0.15) is 5.10 Å². The number of rotatable bonds is 3. The Bertz CT molecular complexity index is 877. The number of nitrogens with one attached hydrogen (secondary N) is 2. The minimum Gasteiger partial charge on any atom is -0.377 e. The van der Waals surface area contributed by atoms with Crippen LogP contribution in [0.4, 0.5) is 5.00 Å². The van der Waals surface area contributed by atoms with Crippen LogP contribution in [0.1, 0.15) is 59.2 Å². The van der Waals surface area contributed by atoms with Gasteiger partial charge in [-0.15, -0.1) is 11.3 Å². The molecule has 0 saturated carbocycles. The number of thiophene rings is 1. The van der Waals surface area contributed by atoms with E-state index in [1.54, 1.807) is 0 Å². The van der Waals surface area contributed by atoms with E-state index in [0.717, 1.165) is 43.3 Å². The SMILES string of the molecule is Cc1cc(C)n(C2=NC(NCC3CCCO3)c3c(sc4c3CCCC4)N2)n1. The Morgan fingerprint density at radius 3 is 2.96 bits per heavy atom.